The number of hydrogen-bond donors (Lipinski definition) is 0. The summed E-state index contributed by atoms with van der Waals surface area (Å²) >= 11 is 0. The molecule has 0 bridgehead atoms. The van der Waals surface area contributed by atoms with E-state index in [-0.39, 0.29) is 0 Å². The molecule has 0 amide bonds. The largest absolute Gasteiger partial charge is 0.302 e. The molecule has 0 aliphatic heterocycles. The molecule has 1 heterocycles. The minimum Gasteiger partial charge on any atom is -0.302 e. The summed E-state index contributed by atoms with van der Waals surface area (Å²) in [6, 6.07) is 4.12. The highest BCUT2D eigenvalue weighted by Gasteiger charge is 1.98. The van der Waals surface area contributed by atoms with E-state index in [1.165, 1.54) is 31.4 Å². The molecule has 0 radical (unpaired) electrons. The third kappa shape index (κ3) is 7.41. The average molecular weight is 222 g/mol. The monoisotopic (exact) mass is 222 g/mol. The third-order valence-corrected chi connectivity index (χ3v) is 2.32. The second kappa shape index (κ2) is 10.6. The molecule has 0 aliphatic carbocycles. The average Bonchev–Trinajstić information content (AvgIpc) is 2.33. The lowest BCUT2D eigenvalue weighted by Crippen LogP contribution is -2.19. The molecule has 0 saturated carbocycles. The van der Waals surface area contributed by atoms with Crippen molar-refractivity contribution in [3.05, 3.63) is 30.1 Å². The van der Waals surface area contributed by atoms with Crippen LogP contribution in [0, 0.1) is 0 Å². The number of nitrogens with zero attached hydrogens (tertiary/aromatic N) is 2. The van der Waals surface area contributed by atoms with Crippen LogP contribution >= 0.6 is 0 Å². The Balaban J connectivity index is 0.00000106. The van der Waals surface area contributed by atoms with Crippen LogP contribution in [-0.4, -0.2) is 23.5 Å². The van der Waals surface area contributed by atoms with Crippen molar-refractivity contribution in [3.8, 4) is 0 Å². The Bertz CT molecular complexity index is 234. The van der Waals surface area contributed by atoms with Gasteiger partial charge in [-0.05, 0) is 31.6 Å². The summed E-state index contributed by atoms with van der Waals surface area (Å²) in [6.45, 7) is 8.43. The molecule has 2 heteroatoms. The van der Waals surface area contributed by atoms with Gasteiger partial charge in [0.25, 0.3) is 0 Å². The maximum Gasteiger partial charge on any atom is 0.0312 e. The van der Waals surface area contributed by atoms with Crippen LogP contribution < -0.4 is 0 Å². The highest BCUT2D eigenvalue weighted by molar-refractivity contribution is 5.07. The second-order valence-corrected chi connectivity index (χ2v) is 3.81. The van der Waals surface area contributed by atoms with Gasteiger partial charge in [0, 0.05) is 18.9 Å². The predicted octanol–water partition coefficient (Wildman–Crippen LogP) is 3.73. The van der Waals surface area contributed by atoms with Gasteiger partial charge in [0.2, 0.25) is 0 Å². The minimum absolute atomic E-state index is 1.01. The molecule has 0 aromatic carbocycles. The van der Waals surface area contributed by atoms with E-state index in [2.05, 4.69) is 29.9 Å². The summed E-state index contributed by atoms with van der Waals surface area (Å²) in [5.74, 6) is 0. The number of hydrogen-bond acceptors (Lipinski definition) is 2. The highest BCUT2D eigenvalue weighted by Crippen LogP contribution is 2.02. The Morgan fingerprint density at radius 2 is 2.00 bits per heavy atom. The summed E-state index contributed by atoms with van der Waals surface area (Å²) < 4.78 is 0. The normalized spacial score (nSPS) is 9.81. The quantitative estimate of drug-likeness (QED) is 0.682. The van der Waals surface area contributed by atoms with Crippen molar-refractivity contribution < 1.29 is 0 Å². The zero-order valence-corrected chi connectivity index (χ0v) is 11.2. The van der Waals surface area contributed by atoms with Gasteiger partial charge in [0.15, 0.2) is 0 Å². The van der Waals surface area contributed by atoms with Gasteiger partial charge in [-0.1, -0.05) is 39.7 Å². The van der Waals surface area contributed by atoms with Crippen molar-refractivity contribution in [1.29, 1.82) is 0 Å². The lowest BCUT2D eigenvalue weighted by atomic mass is 10.2. The SMILES string of the molecule is CC.CCCCCN(C)Cc1cccnc1. The lowest BCUT2D eigenvalue weighted by Gasteiger charge is -2.15. The molecule has 1 aromatic heterocycles. The molecule has 0 saturated heterocycles. The van der Waals surface area contributed by atoms with E-state index in [0.717, 1.165) is 6.54 Å². The molecule has 1 aromatic rings. The number of unbranched alkanes of at least 4 members (excludes halogenated alkanes) is 2. The van der Waals surface area contributed by atoms with Crippen LogP contribution in [0.3, 0.4) is 0 Å². The Morgan fingerprint density at radius 3 is 2.56 bits per heavy atom. The molecule has 0 aliphatic rings. The highest BCUT2D eigenvalue weighted by atomic mass is 15.1. The Hall–Kier alpha value is -0.890. The van der Waals surface area contributed by atoms with E-state index in [9.17, 15) is 0 Å². The number of pyridine rings is 1. The first-order valence-electron chi connectivity index (χ1n) is 6.40. The van der Waals surface area contributed by atoms with Gasteiger partial charge >= 0.3 is 0 Å². The summed E-state index contributed by atoms with van der Waals surface area (Å²) in [7, 11) is 2.17. The van der Waals surface area contributed by atoms with Crippen molar-refractivity contribution in [2.45, 2.75) is 46.6 Å². The van der Waals surface area contributed by atoms with Crippen molar-refractivity contribution >= 4 is 0 Å². The molecule has 2 nitrogen and oxygen atoms in total. The Kier molecular flexibility index (Phi) is 10.0. The molecular formula is C14H26N2. The van der Waals surface area contributed by atoms with Gasteiger partial charge < -0.3 is 4.90 Å². The van der Waals surface area contributed by atoms with Crippen molar-refractivity contribution in [1.82, 2.24) is 9.88 Å². The summed E-state index contributed by atoms with van der Waals surface area (Å²) in [5.41, 5.74) is 1.30. The third-order valence-electron chi connectivity index (χ3n) is 2.32. The molecule has 92 valence electrons. The summed E-state index contributed by atoms with van der Waals surface area (Å²) in [6.07, 6.45) is 7.68. The van der Waals surface area contributed by atoms with Gasteiger partial charge in [-0.25, -0.2) is 0 Å². The minimum atomic E-state index is 1.01. The van der Waals surface area contributed by atoms with Crippen molar-refractivity contribution in [2.24, 2.45) is 0 Å². The first-order chi connectivity index (χ1) is 7.83. The lowest BCUT2D eigenvalue weighted by molar-refractivity contribution is 0.318. The van der Waals surface area contributed by atoms with E-state index < -0.39 is 0 Å². The fourth-order valence-corrected chi connectivity index (χ4v) is 1.51. The first-order valence-corrected chi connectivity index (χ1v) is 6.40. The van der Waals surface area contributed by atoms with E-state index in [4.69, 9.17) is 0 Å². The van der Waals surface area contributed by atoms with Crippen LogP contribution in [-0.2, 0) is 6.54 Å². The fourth-order valence-electron chi connectivity index (χ4n) is 1.51. The summed E-state index contributed by atoms with van der Waals surface area (Å²) in [5, 5.41) is 0. The van der Waals surface area contributed by atoms with Gasteiger partial charge in [-0.2, -0.15) is 0 Å². The standard InChI is InChI=1S/C12H20N2.C2H6/c1-3-4-5-9-14(2)11-12-7-6-8-13-10-12;1-2/h6-8,10H,3-5,9,11H2,1-2H3;1-2H3. The molecule has 0 spiro atoms. The smallest absolute Gasteiger partial charge is 0.0312 e. The van der Waals surface area contributed by atoms with Crippen LogP contribution in [0.1, 0.15) is 45.6 Å². The van der Waals surface area contributed by atoms with E-state index in [1.807, 2.05) is 32.3 Å². The Labute approximate surface area is 101 Å². The maximum absolute atomic E-state index is 4.11. The van der Waals surface area contributed by atoms with Gasteiger partial charge in [0.05, 0.1) is 0 Å². The molecule has 1 rings (SSSR count). The Morgan fingerprint density at radius 1 is 1.25 bits per heavy atom. The fraction of sp³-hybridized carbons (Fsp3) is 0.643. The maximum atomic E-state index is 4.11. The van der Waals surface area contributed by atoms with Gasteiger partial charge in [0.1, 0.15) is 0 Å². The van der Waals surface area contributed by atoms with E-state index >= 15 is 0 Å². The molecular weight excluding hydrogens is 196 g/mol. The number of aromatic nitrogens is 1. The molecule has 16 heavy (non-hydrogen) atoms. The second-order valence-electron chi connectivity index (χ2n) is 3.81. The van der Waals surface area contributed by atoms with Crippen LogP contribution in [0.4, 0.5) is 0 Å². The molecule has 0 fully saturated rings. The van der Waals surface area contributed by atoms with Crippen LogP contribution in [0.5, 0.6) is 0 Å². The van der Waals surface area contributed by atoms with E-state index in [0.29, 0.717) is 0 Å². The van der Waals surface area contributed by atoms with E-state index in [1.54, 1.807) is 0 Å². The topological polar surface area (TPSA) is 16.1 Å². The molecule has 0 unspecified atom stereocenters. The predicted molar refractivity (Wildman–Crippen MR) is 71.4 cm³/mol. The molecule has 0 N–H and O–H groups in total. The van der Waals surface area contributed by atoms with Crippen LogP contribution in [0.2, 0.25) is 0 Å². The molecule has 0 atom stereocenters. The van der Waals surface area contributed by atoms with Crippen molar-refractivity contribution in [3.63, 3.8) is 0 Å². The van der Waals surface area contributed by atoms with Crippen LogP contribution in [0.25, 0.3) is 0 Å². The zero-order chi connectivity index (χ0) is 12.2. The van der Waals surface area contributed by atoms with Gasteiger partial charge in [-0.3, -0.25) is 4.98 Å². The zero-order valence-electron chi connectivity index (χ0n) is 11.2. The first kappa shape index (κ1) is 15.1. The van der Waals surface area contributed by atoms with Crippen LogP contribution in [0.15, 0.2) is 24.5 Å². The summed E-state index contributed by atoms with van der Waals surface area (Å²) in [4.78, 5) is 6.46. The van der Waals surface area contributed by atoms with Gasteiger partial charge in [-0.15, -0.1) is 0 Å². The van der Waals surface area contributed by atoms with Crippen molar-refractivity contribution in [2.75, 3.05) is 13.6 Å². The number of rotatable bonds is 6.